The van der Waals surface area contributed by atoms with Crippen LogP contribution in [0.15, 0.2) is 96.5 Å². The fraction of sp³-hybridized carbons (Fsp3) is 0.397. The highest BCUT2D eigenvalue weighted by atomic mass is 32.1. The second-order valence-electron chi connectivity index (χ2n) is 25.7. The predicted molar refractivity (Wildman–Crippen MR) is 292 cm³/mol. The van der Waals surface area contributed by atoms with Gasteiger partial charge in [-0.1, -0.05) is 133 Å². The van der Waals surface area contributed by atoms with Gasteiger partial charge >= 0.3 is 6.85 Å². The number of hydrogen-bond acceptors (Lipinski definition) is 2. The quantitative estimate of drug-likeness (QED) is 0.157. The molecule has 0 N–H and O–H groups in total. The molecule has 0 radical (unpaired) electrons. The van der Waals surface area contributed by atoms with Crippen molar-refractivity contribution >= 4 is 82.7 Å². The van der Waals surface area contributed by atoms with Crippen molar-refractivity contribution < 1.29 is 0 Å². The van der Waals surface area contributed by atoms with Crippen LogP contribution in [-0.4, -0.2) is 11.3 Å². The second-order valence-corrected chi connectivity index (χ2v) is 26.8. The Kier molecular flexibility index (Phi) is 8.15. The van der Waals surface area contributed by atoms with Crippen LogP contribution in [0.5, 0.6) is 0 Å². The predicted octanol–water partition coefficient (Wildman–Crippen LogP) is 16.8. The molecule has 338 valence electrons. The van der Waals surface area contributed by atoms with Gasteiger partial charge in [-0.15, -0.1) is 11.3 Å². The van der Waals surface area contributed by atoms with E-state index in [2.05, 4.69) is 197 Å². The Bertz CT molecular complexity index is 3590. The molecule has 0 unspecified atom stereocenters. The number of rotatable bonds is 2. The van der Waals surface area contributed by atoms with E-state index < -0.39 is 0 Å². The summed E-state index contributed by atoms with van der Waals surface area (Å²) < 4.78 is 5.59. The zero-order valence-corrected chi connectivity index (χ0v) is 43.4. The van der Waals surface area contributed by atoms with Crippen LogP contribution in [0.1, 0.15) is 167 Å². The number of aryl methyl sites for hydroxylation is 1. The number of allylic oxidation sites excluding steroid dienone is 1. The van der Waals surface area contributed by atoms with Gasteiger partial charge in [-0.05, 0) is 169 Å². The maximum absolute atomic E-state index is 2.85. The summed E-state index contributed by atoms with van der Waals surface area (Å²) in [4.78, 5) is 2.81. The van der Waals surface area contributed by atoms with E-state index in [4.69, 9.17) is 0 Å². The molecule has 4 heterocycles. The molecule has 67 heavy (non-hydrogen) atoms. The van der Waals surface area contributed by atoms with Crippen LogP contribution in [0.25, 0.3) is 58.8 Å². The molecule has 0 saturated heterocycles. The number of aromatic nitrogens is 1. The van der Waals surface area contributed by atoms with E-state index >= 15 is 0 Å². The smallest absolute Gasteiger partial charge is 0.329 e. The summed E-state index contributed by atoms with van der Waals surface area (Å²) >= 11 is 1.98. The van der Waals surface area contributed by atoms with Crippen molar-refractivity contribution in [3.8, 4) is 11.1 Å². The van der Waals surface area contributed by atoms with Crippen molar-refractivity contribution in [2.45, 2.75) is 162 Å². The molecule has 8 aromatic rings. The van der Waals surface area contributed by atoms with Crippen molar-refractivity contribution in [2.75, 3.05) is 4.90 Å². The Hall–Kier alpha value is -5.06. The van der Waals surface area contributed by atoms with Gasteiger partial charge in [0.2, 0.25) is 0 Å². The minimum absolute atomic E-state index is 0.00627. The Labute approximate surface area is 403 Å². The molecule has 13 rings (SSSR count). The van der Waals surface area contributed by atoms with Crippen LogP contribution in [0, 0.1) is 0 Å². The van der Waals surface area contributed by atoms with Crippen LogP contribution < -0.4 is 10.4 Å². The first-order valence-corrected chi connectivity index (χ1v) is 26.3. The second kappa shape index (κ2) is 13.0. The van der Waals surface area contributed by atoms with Crippen LogP contribution in [0.4, 0.5) is 11.4 Å². The zero-order chi connectivity index (χ0) is 46.9. The summed E-state index contributed by atoms with van der Waals surface area (Å²) in [5, 5.41) is 5.59. The Morgan fingerprint density at radius 3 is 1.94 bits per heavy atom. The maximum Gasteiger partial charge on any atom is 0.329 e. The summed E-state index contributed by atoms with van der Waals surface area (Å²) in [5.41, 5.74) is 24.6. The molecular weight excluding hydrogens is 828 g/mol. The molecule has 0 atom stereocenters. The van der Waals surface area contributed by atoms with E-state index in [0.717, 1.165) is 6.42 Å². The molecular formula is C63H67BN2S. The number of anilines is 2. The van der Waals surface area contributed by atoms with Gasteiger partial charge in [0.1, 0.15) is 0 Å². The van der Waals surface area contributed by atoms with Crippen LogP contribution in [-0.2, 0) is 38.9 Å². The molecule has 0 amide bonds. The van der Waals surface area contributed by atoms with Gasteiger partial charge in [0.05, 0.1) is 0 Å². The average molecular weight is 895 g/mol. The lowest BCUT2D eigenvalue weighted by Crippen LogP contribution is -2.52. The number of fused-ring (bicyclic) bond motifs is 14. The van der Waals surface area contributed by atoms with Gasteiger partial charge in [0.25, 0.3) is 0 Å². The first-order chi connectivity index (χ1) is 31.5. The average Bonchev–Trinajstić information content (AvgIpc) is 3.89. The summed E-state index contributed by atoms with van der Waals surface area (Å²) in [6, 6.07) is 37.6. The number of thiophene rings is 1. The molecule has 0 spiro atoms. The van der Waals surface area contributed by atoms with Crippen molar-refractivity contribution in [2.24, 2.45) is 0 Å². The highest BCUT2D eigenvalue weighted by Gasteiger charge is 2.55. The normalized spacial score (nSPS) is 20.1. The van der Waals surface area contributed by atoms with Gasteiger partial charge < -0.3 is 9.38 Å². The molecule has 0 bridgehead atoms. The lowest BCUT2D eigenvalue weighted by atomic mass is 9.40. The van der Waals surface area contributed by atoms with Crippen LogP contribution in [0.2, 0.25) is 0 Å². The maximum atomic E-state index is 2.85. The third kappa shape index (κ3) is 5.40. The van der Waals surface area contributed by atoms with Crippen LogP contribution >= 0.6 is 11.3 Å². The van der Waals surface area contributed by atoms with Crippen molar-refractivity contribution in [3.63, 3.8) is 0 Å². The van der Waals surface area contributed by atoms with E-state index in [-0.39, 0.29) is 39.3 Å². The van der Waals surface area contributed by atoms with Crippen molar-refractivity contribution in [1.82, 2.24) is 4.48 Å². The standard InChI is InChI=1S/C63H67BN2S/c1-15-35-28-40-39-30-36(58(2,3)4)20-23-48(39)66-55(40)42(29-35)53-52-38-18-16-17-19-50(38)67-51(52)34-49-54(53)64(66)57-56(65(49)37-21-22-43-45(31-37)60(7,8)25-24-59(43,5)6)41-32-46-47(33-44(41)63(57,13)14)62(11,12)27-26-61(46,9)10/h16-23,28-34H,15,24-27H2,1-14H3. The van der Waals surface area contributed by atoms with E-state index in [1.807, 2.05) is 11.3 Å². The third-order valence-electron chi connectivity index (χ3n) is 18.4. The Morgan fingerprint density at radius 1 is 0.597 bits per heavy atom. The van der Waals surface area contributed by atoms with Crippen molar-refractivity contribution in [3.05, 3.63) is 141 Å². The summed E-state index contributed by atoms with van der Waals surface area (Å²) in [7, 11) is 0. The summed E-state index contributed by atoms with van der Waals surface area (Å²) in [6.45, 7) is 34.5. The van der Waals surface area contributed by atoms with E-state index in [9.17, 15) is 0 Å². The Morgan fingerprint density at radius 2 is 1.25 bits per heavy atom. The van der Waals surface area contributed by atoms with E-state index in [1.54, 1.807) is 5.56 Å². The lowest BCUT2D eigenvalue weighted by molar-refractivity contribution is 0.331. The van der Waals surface area contributed by atoms with Crippen molar-refractivity contribution in [1.29, 1.82) is 0 Å². The molecule has 0 fully saturated rings. The highest BCUT2D eigenvalue weighted by molar-refractivity contribution is 7.26. The minimum Gasteiger partial charge on any atom is -0.376 e. The van der Waals surface area contributed by atoms with Gasteiger partial charge in [-0.25, -0.2) is 0 Å². The van der Waals surface area contributed by atoms with E-state index in [0.29, 0.717) is 0 Å². The molecule has 5 aliphatic rings. The monoisotopic (exact) mass is 895 g/mol. The largest absolute Gasteiger partial charge is 0.376 e. The SMILES string of the molecule is CCc1cc2c3c(c1)c1cc(C(C)(C)C)ccc1n3B1C3=C(c4cc5c(cc4C3(C)C)C(C)(C)CCC5(C)C)N(c3ccc4c(c3)C(C)(C)CCC4(C)C)c3cc4sc5ccccc5c4c-2c31. The summed E-state index contributed by atoms with van der Waals surface area (Å²) in [5.74, 6) is 0. The lowest BCUT2D eigenvalue weighted by Gasteiger charge is -2.45. The molecule has 3 aliphatic carbocycles. The number of nitrogens with zero attached hydrogens (tertiary/aromatic N) is 2. The fourth-order valence-electron chi connectivity index (χ4n) is 14.1. The minimum atomic E-state index is -0.272. The first kappa shape index (κ1) is 42.1. The zero-order valence-electron chi connectivity index (χ0n) is 42.6. The van der Waals surface area contributed by atoms with Gasteiger partial charge in [-0.2, -0.15) is 0 Å². The molecule has 2 aliphatic heterocycles. The summed E-state index contributed by atoms with van der Waals surface area (Å²) in [6.07, 6.45) is 5.78. The Balaban J connectivity index is 1.24. The number of hydrogen-bond donors (Lipinski definition) is 0. The highest BCUT2D eigenvalue weighted by Crippen LogP contribution is 2.61. The van der Waals surface area contributed by atoms with Gasteiger partial charge in [0.15, 0.2) is 0 Å². The van der Waals surface area contributed by atoms with E-state index in [1.165, 1.54) is 146 Å². The fourth-order valence-corrected chi connectivity index (χ4v) is 15.3. The first-order valence-electron chi connectivity index (χ1n) is 25.5. The third-order valence-corrected chi connectivity index (χ3v) is 19.5. The molecule has 6 aromatic carbocycles. The topological polar surface area (TPSA) is 8.17 Å². The van der Waals surface area contributed by atoms with Gasteiger partial charge in [-0.3, -0.25) is 0 Å². The molecule has 2 nitrogen and oxygen atoms in total. The van der Waals surface area contributed by atoms with Crippen LogP contribution in [0.3, 0.4) is 0 Å². The number of benzene rings is 6. The molecule has 0 saturated carbocycles. The molecule has 2 aromatic heterocycles. The van der Waals surface area contributed by atoms with Gasteiger partial charge in [0, 0.05) is 75.6 Å². The molecule has 4 heteroatoms.